The third-order valence-electron chi connectivity index (χ3n) is 5.17. The molecule has 0 atom stereocenters. The number of hydrogen-bond acceptors (Lipinski definition) is 2. The van der Waals surface area contributed by atoms with Crippen LogP contribution in [0.25, 0.3) is 10.9 Å². The largest absolute Gasteiger partial charge is 0.339 e. The second-order valence-corrected chi connectivity index (χ2v) is 8.06. The molecule has 2 heterocycles. The van der Waals surface area contributed by atoms with Crippen molar-refractivity contribution in [1.82, 2.24) is 14.4 Å². The van der Waals surface area contributed by atoms with Crippen molar-refractivity contribution in [1.29, 1.82) is 0 Å². The second-order valence-electron chi connectivity index (χ2n) is 6.83. The Bertz CT molecular complexity index is 1030. The Hall–Kier alpha value is -2.31. The number of nitrogens with zero attached hydrogens (tertiary/aromatic N) is 3. The van der Waals surface area contributed by atoms with Crippen molar-refractivity contribution < 1.29 is 9.59 Å². The summed E-state index contributed by atoms with van der Waals surface area (Å²) in [6.07, 6.45) is 0. The first-order valence-electron chi connectivity index (χ1n) is 9.04. The molecule has 4 rings (SSSR count). The molecule has 144 valence electrons. The number of para-hydroxylation sites is 1. The fourth-order valence-corrected chi connectivity index (χ4v) is 4.61. The Morgan fingerprint density at radius 3 is 2.21 bits per heavy atom. The summed E-state index contributed by atoms with van der Waals surface area (Å²) in [7, 11) is 1.90. The first kappa shape index (κ1) is 19.0. The van der Waals surface area contributed by atoms with Crippen LogP contribution in [0.3, 0.4) is 0 Å². The van der Waals surface area contributed by atoms with Gasteiger partial charge in [0.1, 0.15) is 5.69 Å². The molecule has 0 radical (unpaired) electrons. The number of hydrogen-bond donors (Lipinski definition) is 0. The van der Waals surface area contributed by atoms with E-state index in [9.17, 15) is 9.59 Å². The van der Waals surface area contributed by atoms with Gasteiger partial charge in [0.15, 0.2) is 0 Å². The molecule has 5 nitrogen and oxygen atoms in total. The quantitative estimate of drug-likeness (QED) is 0.575. The van der Waals surface area contributed by atoms with Crippen LogP contribution in [0.1, 0.15) is 20.8 Å². The molecule has 0 aliphatic carbocycles. The number of aromatic nitrogens is 1. The van der Waals surface area contributed by atoms with Crippen LogP contribution < -0.4 is 0 Å². The van der Waals surface area contributed by atoms with Crippen molar-refractivity contribution in [2.24, 2.45) is 7.05 Å². The molecule has 7 heteroatoms. The monoisotopic (exact) mass is 459 g/mol. The Balaban J connectivity index is 1.50. The van der Waals surface area contributed by atoms with Gasteiger partial charge in [0, 0.05) is 54.7 Å². The third-order valence-corrected chi connectivity index (χ3v) is 6.21. The molecule has 1 aliphatic rings. The van der Waals surface area contributed by atoms with Gasteiger partial charge in [-0.25, -0.2) is 0 Å². The number of carbonyl (C=O) groups is 2. The van der Waals surface area contributed by atoms with Crippen LogP contribution in [0.2, 0.25) is 5.02 Å². The summed E-state index contributed by atoms with van der Waals surface area (Å²) >= 11 is 9.59. The number of benzene rings is 2. The van der Waals surface area contributed by atoms with Crippen molar-refractivity contribution in [3.8, 4) is 0 Å². The molecular weight excluding hydrogens is 442 g/mol. The number of aryl methyl sites for hydroxylation is 1. The summed E-state index contributed by atoms with van der Waals surface area (Å²) in [6, 6.07) is 14.9. The molecule has 1 aliphatic heterocycles. The number of piperazine rings is 1. The van der Waals surface area contributed by atoms with Gasteiger partial charge in [-0.05, 0) is 40.2 Å². The van der Waals surface area contributed by atoms with Crippen LogP contribution in [-0.2, 0) is 7.05 Å². The highest BCUT2D eigenvalue weighted by Crippen LogP contribution is 2.31. The van der Waals surface area contributed by atoms with E-state index in [2.05, 4.69) is 15.9 Å². The second kappa shape index (κ2) is 7.60. The van der Waals surface area contributed by atoms with Crippen LogP contribution >= 0.6 is 27.5 Å². The summed E-state index contributed by atoms with van der Waals surface area (Å²) in [6.45, 7) is 2.00. The van der Waals surface area contributed by atoms with E-state index in [0.29, 0.717) is 42.5 Å². The van der Waals surface area contributed by atoms with Crippen LogP contribution in [0, 0.1) is 0 Å². The lowest BCUT2D eigenvalue weighted by molar-refractivity contribution is 0.0530. The minimum atomic E-state index is -0.0552. The number of amides is 2. The molecule has 3 aromatic rings. The molecule has 0 saturated carbocycles. The van der Waals surface area contributed by atoms with Gasteiger partial charge in [-0.1, -0.05) is 35.9 Å². The summed E-state index contributed by atoms with van der Waals surface area (Å²) in [5.41, 5.74) is 2.21. The minimum absolute atomic E-state index is 0.0274. The molecule has 28 heavy (non-hydrogen) atoms. The molecule has 0 N–H and O–H groups in total. The lowest BCUT2D eigenvalue weighted by atomic mass is 10.1. The Labute approximate surface area is 176 Å². The van der Waals surface area contributed by atoms with E-state index in [1.807, 2.05) is 35.9 Å². The maximum atomic E-state index is 13.2. The summed E-state index contributed by atoms with van der Waals surface area (Å²) in [5.74, 6) is -0.0826. The predicted octanol–water partition coefficient (Wildman–Crippen LogP) is 4.19. The fourth-order valence-electron chi connectivity index (χ4n) is 3.65. The molecule has 0 unspecified atom stereocenters. The van der Waals surface area contributed by atoms with Gasteiger partial charge in [-0.3, -0.25) is 9.59 Å². The smallest absolute Gasteiger partial charge is 0.271 e. The van der Waals surface area contributed by atoms with Crippen molar-refractivity contribution >= 4 is 50.2 Å². The van der Waals surface area contributed by atoms with Crippen molar-refractivity contribution in [2.75, 3.05) is 26.2 Å². The highest BCUT2D eigenvalue weighted by molar-refractivity contribution is 9.10. The zero-order chi connectivity index (χ0) is 19.8. The topological polar surface area (TPSA) is 45.6 Å². The Morgan fingerprint density at radius 2 is 1.57 bits per heavy atom. The molecule has 2 amide bonds. The lowest BCUT2D eigenvalue weighted by Gasteiger charge is -2.35. The van der Waals surface area contributed by atoms with Gasteiger partial charge in [0.05, 0.1) is 4.47 Å². The first-order valence-corrected chi connectivity index (χ1v) is 10.2. The van der Waals surface area contributed by atoms with Gasteiger partial charge in [-0.15, -0.1) is 0 Å². The number of fused-ring (bicyclic) bond motifs is 1. The van der Waals surface area contributed by atoms with E-state index in [1.165, 1.54) is 0 Å². The predicted molar refractivity (Wildman–Crippen MR) is 114 cm³/mol. The van der Waals surface area contributed by atoms with E-state index in [4.69, 9.17) is 11.6 Å². The van der Waals surface area contributed by atoms with Crippen LogP contribution in [0.15, 0.2) is 53.0 Å². The van der Waals surface area contributed by atoms with Crippen molar-refractivity contribution in [3.05, 3.63) is 69.3 Å². The molecule has 1 fully saturated rings. The molecule has 1 saturated heterocycles. The first-order chi connectivity index (χ1) is 13.5. The molecule has 1 aromatic heterocycles. The van der Waals surface area contributed by atoms with Gasteiger partial charge < -0.3 is 14.4 Å². The molecule has 0 spiro atoms. The molecular formula is C21H19BrClN3O2. The molecule has 2 aromatic carbocycles. The highest BCUT2D eigenvalue weighted by atomic mass is 79.9. The minimum Gasteiger partial charge on any atom is -0.339 e. The number of rotatable bonds is 2. The Kier molecular flexibility index (Phi) is 5.17. The van der Waals surface area contributed by atoms with Gasteiger partial charge in [0.25, 0.3) is 11.8 Å². The number of halogens is 2. The normalized spacial score (nSPS) is 14.5. The Morgan fingerprint density at radius 1 is 0.929 bits per heavy atom. The summed E-state index contributed by atoms with van der Waals surface area (Å²) in [5, 5.41) is 1.56. The molecule has 0 bridgehead atoms. The SMILES string of the molecule is Cn1c(C(=O)N2CCN(C(=O)c3cccc(Cl)c3)CC2)c(Br)c2ccccc21. The fraction of sp³-hybridized carbons (Fsp3) is 0.238. The van der Waals surface area contributed by atoms with E-state index < -0.39 is 0 Å². The van der Waals surface area contributed by atoms with Crippen LogP contribution in [0.4, 0.5) is 0 Å². The third kappa shape index (κ3) is 3.31. The van der Waals surface area contributed by atoms with Crippen molar-refractivity contribution in [2.45, 2.75) is 0 Å². The average molecular weight is 461 g/mol. The average Bonchev–Trinajstić information content (AvgIpc) is 2.98. The number of carbonyl (C=O) groups excluding carboxylic acids is 2. The van der Waals surface area contributed by atoms with E-state index in [0.717, 1.165) is 15.4 Å². The van der Waals surface area contributed by atoms with Gasteiger partial charge >= 0.3 is 0 Å². The van der Waals surface area contributed by atoms with Gasteiger partial charge in [0.2, 0.25) is 0 Å². The maximum Gasteiger partial charge on any atom is 0.271 e. The van der Waals surface area contributed by atoms with E-state index in [1.54, 1.807) is 34.1 Å². The van der Waals surface area contributed by atoms with E-state index in [-0.39, 0.29) is 11.8 Å². The van der Waals surface area contributed by atoms with Crippen molar-refractivity contribution in [3.63, 3.8) is 0 Å². The lowest BCUT2D eigenvalue weighted by Crippen LogP contribution is -2.50. The summed E-state index contributed by atoms with van der Waals surface area (Å²) < 4.78 is 2.73. The zero-order valence-corrected chi connectivity index (χ0v) is 17.7. The maximum absolute atomic E-state index is 13.2. The van der Waals surface area contributed by atoms with E-state index >= 15 is 0 Å². The zero-order valence-electron chi connectivity index (χ0n) is 15.4. The van der Waals surface area contributed by atoms with Gasteiger partial charge in [-0.2, -0.15) is 0 Å². The van der Waals surface area contributed by atoms with Crippen LogP contribution in [-0.4, -0.2) is 52.4 Å². The highest BCUT2D eigenvalue weighted by Gasteiger charge is 2.29. The van der Waals surface area contributed by atoms with Crippen LogP contribution in [0.5, 0.6) is 0 Å². The standard InChI is InChI=1S/C21H19BrClN3O2/c1-24-17-8-3-2-7-16(17)18(22)19(24)21(28)26-11-9-25(10-12-26)20(27)14-5-4-6-15(23)13-14/h2-8,13H,9-12H2,1H3. The summed E-state index contributed by atoms with van der Waals surface area (Å²) in [4.78, 5) is 29.4.